The number of nitrogens with zero attached hydrogens (tertiary/aromatic N) is 1. The maximum Gasteiger partial charge on any atom is 0.408 e. The smallest absolute Gasteiger partial charge is 0.408 e. The number of hydrogen-bond acceptors (Lipinski definition) is 2. The Bertz CT molecular complexity index is 567. The number of carboxylic acid groups (broad SMARTS) is 1. The summed E-state index contributed by atoms with van der Waals surface area (Å²) in [5.41, 5.74) is 2.30. The van der Waals surface area contributed by atoms with Gasteiger partial charge in [-0.1, -0.05) is 43.5 Å². The Morgan fingerprint density at radius 1 is 1.23 bits per heavy atom. The van der Waals surface area contributed by atoms with Gasteiger partial charge in [0, 0.05) is 6.54 Å². The van der Waals surface area contributed by atoms with Crippen LogP contribution in [0.1, 0.15) is 49.1 Å². The van der Waals surface area contributed by atoms with E-state index >= 15 is 0 Å². The number of β-lactam (4-membered cyclic amide) rings is 1. The Morgan fingerprint density at radius 2 is 1.95 bits per heavy atom. The van der Waals surface area contributed by atoms with E-state index in [0.29, 0.717) is 19.0 Å². The molecule has 2 N–H and O–H groups in total. The van der Waals surface area contributed by atoms with E-state index in [1.807, 2.05) is 18.2 Å². The average molecular weight is 302 g/mol. The molecule has 0 unspecified atom stereocenters. The number of amides is 2. The molecular formula is C17H22N2O3. The molecule has 1 atom stereocenters. The Morgan fingerprint density at radius 3 is 2.55 bits per heavy atom. The van der Waals surface area contributed by atoms with Crippen molar-refractivity contribution in [1.29, 1.82) is 0 Å². The fourth-order valence-electron chi connectivity index (χ4n) is 3.51. The molecule has 1 saturated carbocycles. The zero-order chi connectivity index (χ0) is 15.5. The van der Waals surface area contributed by atoms with Crippen molar-refractivity contribution in [2.75, 3.05) is 6.54 Å². The maximum atomic E-state index is 11.5. The highest BCUT2D eigenvalue weighted by molar-refractivity contribution is 5.90. The second-order valence-corrected chi connectivity index (χ2v) is 6.21. The fourth-order valence-corrected chi connectivity index (χ4v) is 3.51. The van der Waals surface area contributed by atoms with Gasteiger partial charge >= 0.3 is 6.09 Å². The molecule has 2 amide bonds. The molecule has 0 radical (unpaired) electrons. The van der Waals surface area contributed by atoms with Gasteiger partial charge < -0.3 is 10.4 Å². The lowest BCUT2D eigenvalue weighted by molar-refractivity contribution is -0.132. The molecule has 1 saturated heterocycles. The highest BCUT2D eigenvalue weighted by Crippen LogP contribution is 2.35. The van der Waals surface area contributed by atoms with Gasteiger partial charge in [-0.2, -0.15) is 0 Å². The molecule has 5 nitrogen and oxygen atoms in total. The van der Waals surface area contributed by atoms with Gasteiger partial charge in [0.2, 0.25) is 5.91 Å². The van der Waals surface area contributed by atoms with Crippen molar-refractivity contribution in [2.24, 2.45) is 0 Å². The van der Waals surface area contributed by atoms with Crippen LogP contribution in [0.25, 0.3) is 0 Å². The van der Waals surface area contributed by atoms with Gasteiger partial charge in [0.25, 0.3) is 0 Å². The standard InChI is InChI=1S/C17H22N2O3/c20-16-15(10-18-16)19(17(21)22)11-13-8-4-5-9-14(13)12-6-2-1-3-7-12/h4-5,8-9,12,15H,1-3,6-7,10-11H2,(H,18,20)(H,21,22)/t15-/m0/s1. The summed E-state index contributed by atoms with van der Waals surface area (Å²) >= 11 is 0. The summed E-state index contributed by atoms with van der Waals surface area (Å²) in [6.07, 6.45) is 5.10. The van der Waals surface area contributed by atoms with Crippen LogP contribution >= 0.6 is 0 Å². The van der Waals surface area contributed by atoms with Gasteiger partial charge in [0.15, 0.2) is 0 Å². The second-order valence-electron chi connectivity index (χ2n) is 6.21. The first-order chi connectivity index (χ1) is 10.7. The molecule has 5 heteroatoms. The monoisotopic (exact) mass is 302 g/mol. The Labute approximate surface area is 130 Å². The highest BCUT2D eigenvalue weighted by atomic mass is 16.4. The van der Waals surface area contributed by atoms with E-state index in [4.69, 9.17) is 0 Å². The van der Waals surface area contributed by atoms with Crippen molar-refractivity contribution in [3.05, 3.63) is 35.4 Å². The molecule has 1 heterocycles. The van der Waals surface area contributed by atoms with Crippen molar-refractivity contribution in [3.8, 4) is 0 Å². The number of benzene rings is 1. The molecule has 2 aliphatic rings. The SMILES string of the molecule is O=C1NC[C@@H]1N(Cc1ccccc1C1CCCCC1)C(=O)O. The molecule has 3 rings (SSSR count). The molecule has 22 heavy (non-hydrogen) atoms. The summed E-state index contributed by atoms with van der Waals surface area (Å²) in [5, 5.41) is 12.0. The second kappa shape index (κ2) is 6.38. The predicted molar refractivity (Wildman–Crippen MR) is 82.6 cm³/mol. The lowest BCUT2D eigenvalue weighted by atomic mass is 9.82. The summed E-state index contributed by atoms with van der Waals surface area (Å²) in [4.78, 5) is 24.3. The van der Waals surface area contributed by atoms with E-state index in [9.17, 15) is 14.7 Å². The Balaban J connectivity index is 1.81. The number of carbonyl (C=O) groups is 2. The van der Waals surface area contributed by atoms with Crippen LogP contribution in [-0.4, -0.2) is 34.6 Å². The molecule has 0 spiro atoms. The average Bonchev–Trinajstić information content (AvgIpc) is 2.54. The first kappa shape index (κ1) is 14.9. The summed E-state index contributed by atoms with van der Waals surface area (Å²) < 4.78 is 0. The molecule has 0 bridgehead atoms. The van der Waals surface area contributed by atoms with Crippen LogP contribution in [0.15, 0.2) is 24.3 Å². The fraction of sp³-hybridized carbons (Fsp3) is 0.529. The third-order valence-electron chi connectivity index (χ3n) is 4.83. The van der Waals surface area contributed by atoms with Gasteiger partial charge in [0.1, 0.15) is 6.04 Å². The van der Waals surface area contributed by atoms with Crippen molar-refractivity contribution < 1.29 is 14.7 Å². The number of nitrogens with one attached hydrogen (secondary N) is 1. The quantitative estimate of drug-likeness (QED) is 0.840. The van der Waals surface area contributed by atoms with Gasteiger partial charge in [-0.3, -0.25) is 9.69 Å². The van der Waals surface area contributed by atoms with E-state index in [2.05, 4.69) is 11.4 Å². The van der Waals surface area contributed by atoms with Crippen molar-refractivity contribution in [1.82, 2.24) is 10.2 Å². The highest BCUT2D eigenvalue weighted by Gasteiger charge is 2.37. The van der Waals surface area contributed by atoms with E-state index in [-0.39, 0.29) is 5.91 Å². The van der Waals surface area contributed by atoms with Crippen LogP contribution in [0.3, 0.4) is 0 Å². The minimum Gasteiger partial charge on any atom is -0.465 e. The molecule has 118 valence electrons. The lowest BCUT2D eigenvalue weighted by Crippen LogP contribution is -2.62. The molecule has 1 aliphatic heterocycles. The van der Waals surface area contributed by atoms with Crippen LogP contribution in [-0.2, 0) is 11.3 Å². The van der Waals surface area contributed by atoms with Crippen LogP contribution < -0.4 is 5.32 Å². The largest absolute Gasteiger partial charge is 0.465 e. The van der Waals surface area contributed by atoms with Crippen LogP contribution in [0.4, 0.5) is 4.79 Å². The van der Waals surface area contributed by atoms with Gasteiger partial charge in [-0.25, -0.2) is 4.79 Å². The van der Waals surface area contributed by atoms with Gasteiger partial charge in [-0.15, -0.1) is 0 Å². The van der Waals surface area contributed by atoms with E-state index < -0.39 is 12.1 Å². The minimum absolute atomic E-state index is 0.197. The number of rotatable bonds is 4. The third kappa shape index (κ3) is 2.93. The topological polar surface area (TPSA) is 69.6 Å². The summed E-state index contributed by atoms with van der Waals surface area (Å²) in [6, 6.07) is 7.54. The molecule has 0 aromatic heterocycles. The Hall–Kier alpha value is -2.04. The molecule has 1 aromatic rings. The lowest BCUT2D eigenvalue weighted by Gasteiger charge is -2.35. The summed E-state index contributed by atoms with van der Waals surface area (Å²) in [5.74, 6) is 0.327. The maximum absolute atomic E-state index is 11.5. The first-order valence-corrected chi connectivity index (χ1v) is 8.02. The number of carbonyl (C=O) groups excluding carboxylic acids is 1. The van der Waals surface area contributed by atoms with E-state index in [1.54, 1.807) is 0 Å². The summed E-state index contributed by atoms with van der Waals surface area (Å²) in [7, 11) is 0. The van der Waals surface area contributed by atoms with E-state index in [1.165, 1.54) is 42.6 Å². The van der Waals surface area contributed by atoms with E-state index in [0.717, 1.165) is 5.56 Å². The van der Waals surface area contributed by atoms with Crippen LogP contribution in [0, 0.1) is 0 Å². The van der Waals surface area contributed by atoms with Crippen molar-refractivity contribution in [2.45, 2.75) is 50.6 Å². The van der Waals surface area contributed by atoms with Crippen LogP contribution in [0.5, 0.6) is 0 Å². The molecular weight excluding hydrogens is 280 g/mol. The molecule has 1 aromatic carbocycles. The molecule has 2 fully saturated rings. The normalized spacial score (nSPS) is 21.8. The van der Waals surface area contributed by atoms with Gasteiger partial charge in [-0.05, 0) is 29.9 Å². The first-order valence-electron chi connectivity index (χ1n) is 8.02. The Kier molecular flexibility index (Phi) is 4.32. The van der Waals surface area contributed by atoms with Crippen LogP contribution in [0.2, 0.25) is 0 Å². The zero-order valence-corrected chi connectivity index (χ0v) is 12.6. The molecule has 1 aliphatic carbocycles. The zero-order valence-electron chi connectivity index (χ0n) is 12.6. The summed E-state index contributed by atoms with van der Waals surface area (Å²) in [6.45, 7) is 0.705. The number of hydrogen-bond donors (Lipinski definition) is 2. The van der Waals surface area contributed by atoms with Gasteiger partial charge in [0.05, 0.1) is 6.54 Å². The van der Waals surface area contributed by atoms with Crippen molar-refractivity contribution >= 4 is 12.0 Å². The minimum atomic E-state index is -1.03. The third-order valence-corrected chi connectivity index (χ3v) is 4.83. The van der Waals surface area contributed by atoms with Crippen molar-refractivity contribution in [3.63, 3.8) is 0 Å². The predicted octanol–water partition coefficient (Wildman–Crippen LogP) is 2.71.